The Morgan fingerprint density at radius 2 is 1.75 bits per heavy atom. The smallest absolute Gasteiger partial charge is 0.262 e. The Morgan fingerprint density at radius 3 is 2.56 bits per heavy atom. The highest BCUT2D eigenvalue weighted by atomic mass is 16.5. The molecule has 8 nitrogen and oxygen atoms in total. The normalized spacial score (nSPS) is 16.7. The second-order valence-electron chi connectivity index (χ2n) is 8.85. The number of benzene rings is 3. The Balaban J connectivity index is 1.22. The zero-order valence-corrected chi connectivity index (χ0v) is 19.9. The summed E-state index contributed by atoms with van der Waals surface area (Å²) in [6.07, 6.45) is 1.67. The third-order valence-corrected chi connectivity index (χ3v) is 6.07. The summed E-state index contributed by atoms with van der Waals surface area (Å²) in [6, 6.07) is 19.2. The number of anilines is 1. The van der Waals surface area contributed by atoms with E-state index in [9.17, 15) is 14.4 Å². The minimum Gasteiger partial charge on any atom is -0.484 e. The van der Waals surface area contributed by atoms with Gasteiger partial charge in [-0.05, 0) is 67.8 Å². The summed E-state index contributed by atoms with van der Waals surface area (Å²) in [5, 5.41) is 2.79. The number of fused-ring (bicyclic) bond motifs is 1. The van der Waals surface area contributed by atoms with Gasteiger partial charge in [0.1, 0.15) is 17.2 Å². The van der Waals surface area contributed by atoms with Gasteiger partial charge in [-0.1, -0.05) is 18.2 Å². The van der Waals surface area contributed by atoms with E-state index in [0.29, 0.717) is 40.7 Å². The fraction of sp³-hybridized carbons (Fsp3) is 0.250. The van der Waals surface area contributed by atoms with E-state index in [2.05, 4.69) is 5.32 Å². The van der Waals surface area contributed by atoms with Crippen LogP contribution in [0, 0.1) is 6.92 Å². The molecule has 5 rings (SSSR count). The predicted octanol–water partition coefficient (Wildman–Crippen LogP) is 4.58. The molecule has 3 aromatic carbocycles. The highest BCUT2D eigenvalue weighted by Gasteiger charge is 2.37. The van der Waals surface area contributed by atoms with Crippen LogP contribution in [0.3, 0.4) is 0 Å². The van der Waals surface area contributed by atoms with Gasteiger partial charge in [-0.25, -0.2) is 0 Å². The topological polar surface area (TPSA) is 94.2 Å². The predicted molar refractivity (Wildman–Crippen MR) is 133 cm³/mol. The number of ether oxygens (including phenoxy) is 3. The Hall–Kier alpha value is -4.17. The van der Waals surface area contributed by atoms with Gasteiger partial charge in [0.25, 0.3) is 17.7 Å². The molecule has 3 amide bonds. The summed E-state index contributed by atoms with van der Waals surface area (Å²) in [7, 11) is 0. The molecule has 0 aliphatic carbocycles. The monoisotopic (exact) mass is 486 g/mol. The number of amides is 3. The first-order chi connectivity index (χ1) is 17.5. The molecule has 2 aliphatic heterocycles. The molecule has 8 heteroatoms. The Kier molecular flexibility index (Phi) is 6.69. The molecule has 0 saturated carbocycles. The van der Waals surface area contributed by atoms with E-state index in [1.807, 2.05) is 25.1 Å². The maximum absolute atomic E-state index is 12.9. The highest BCUT2D eigenvalue weighted by Crippen LogP contribution is 2.31. The quantitative estimate of drug-likeness (QED) is 0.469. The Morgan fingerprint density at radius 1 is 0.972 bits per heavy atom. The zero-order valence-electron chi connectivity index (χ0n) is 19.9. The third-order valence-electron chi connectivity index (χ3n) is 6.07. The van der Waals surface area contributed by atoms with Crippen LogP contribution in [0.4, 0.5) is 5.69 Å². The Bertz CT molecular complexity index is 1310. The van der Waals surface area contributed by atoms with E-state index in [0.717, 1.165) is 18.4 Å². The first-order valence-corrected chi connectivity index (χ1v) is 11.9. The molecule has 0 radical (unpaired) electrons. The van der Waals surface area contributed by atoms with Gasteiger partial charge in [-0.3, -0.25) is 19.3 Å². The summed E-state index contributed by atoms with van der Waals surface area (Å²) in [6.45, 7) is 2.75. The maximum atomic E-state index is 12.9. The van der Waals surface area contributed by atoms with E-state index in [4.69, 9.17) is 14.2 Å². The van der Waals surface area contributed by atoms with Crippen molar-refractivity contribution in [2.24, 2.45) is 0 Å². The SMILES string of the molecule is Cc1cccc(OCC(=O)Nc2cccc(Oc3ccc4c(c3)C(=O)N(CC3CCCO3)C4=O)c2)c1. The molecule has 184 valence electrons. The van der Waals surface area contributed by atoms with Gasteiger partial charge in [-0.2, -0.15) is 0 Å². The number of hydrogen-bond acceptors (Lipinski definition) is 6. The number of carbonyl (C=O) groups excluding carboxylic acids is 3. The van der Waals surface area contributed by atoms with Crippen LogP contribution in [-0.2, 0) is 9.53 Å². The molecule has 1 saturated heterocycles. The number of aryl methyl sites for hydroxylation is 1. The average molecular weight is 487 g/mol. The van der Waals surface area contributed by atoms with Gasteiger partial charge in [0.15, 0.2) is 6.61 Å². The van der Waals surface area contributed by atoms with Gasteiger partial charge in [0, 0.05) is 18.4 Å². The van der Waals surface area contributed by atoms with Crippen LogP contribution in [0.25, 0.3) is 0 Å². The maximum Gasteiger partial charge on any atom is 0.262 e. The van der Waals surface area contributed by atoms with Crippen molar-refractivity contribution in [1.29, 1.82) is 0 Å². The van der Waals surface area contributed by atoms with Gasteiger partial charge in [0.2, 0.25) is 0 Å². The molecule has 0 spiro atoms. The summed E-state index contributed by atoms with van der Waals surface area (Å²) < 4.78 is 17.1. The van der Waals surface area contributed by atoms with Crippen molar-refractivity contribution in [3.63, 3.8) is 0 Å². The van der Waals surface area contributed by atoms with Gasteiger partial charge < -0.3 is 19.5 Å². The lowest BCUT2D eigenvalue weighted by molar-refractivity contribution is -0.118. The molecule has 1 fully saturated rings. The van der Waals surface area contributed by atoms with E-state index >= 15 is 0 Å². The largest absolute Gasteiger partial charge is 0.484 e. The highest BCUT2D eigenvalue weighted by molar-refractivity contribution is 6.21. The molecule has 36 heavy (non-hydrogen) atoms. The second kappa shape index (κ2) is 10.2. The molecule has 0 bridgehead atoms. The zero-order chi connectivity index (χ0) is 25.1. The van der Waals surface area contributed by atoms with Crippen molar-refractivity contribution in [2.45, 2.75) is 25.9 Å². The summed E-state index contributed by atoms with van der Waals surface area (Å²) >= 11 is 0. The van der Waals surface area contributed by atoms with Crippen LogP contribution in [-0.4, -0.2) is 48.5 Å². The van der Waals surface area contributed by atoms with E-state index < -0.39 is 0 Å². The Labute approximate surface area is 208 Å². The number of imide groups is 1. The van der Waals surface area contributed by atoms with Crippen molar-refractivity contribution in [3.8, 4) is 17.2 Å². The molecular weight excluding hydrogens is 460 g/mol. The molecular formula is C28H26N2O6. The van der Waals surface area contributed by atoms with Crippen molar-refractivity contribution < 1.29 is 28.6 Å². The summed E-state index contributed by atoms with van der Waals surface area (Å²) in [5.74, 6) is 0.559. The lowest BCUT2D eigenvalue weighted by atomic mass is 10.1. The molecule has 1 atom stereocenters. The first-order valence-electron chi connectivity index (χ1n) is 11.9. The van der Waals surface area contributed by atoms with E-state index in [-0.39, 0.29) is 37.0 Å². The minimum absolute atomic E-state index is 0.108. The van der Waals surface area contributed by atoms with Crippen LogP contribution in [0.15, 0.2) is 66.7 Å². The van der Waals surface area contributed by atoms with E-state index in [1.54, 1.807) is 48.5 Å². The number of carbonyl (C=O) groups is 3. The van der Waals surface area contributed by atoms with Crippen LogP contribution < -0.4 is 14.8 Å². The molecule has 0 aromatic heterocycles. The number of rotatable bonds is 8. The van der Waals surface area contributed by atoms with Crippen molar-refractivity contribution in [2.75, 3.05) is 25.1 Å². The van der Waals surface area contributed by atoms with Crippen molar-refractivity contribution >= 4 is 23.4 Å². The van der Waals surface area contributed by atoms with Crippen LogP contribution in [0.5, 0.6) is 17.2 Å². The summed E-state index contributed by atoms with van der Waals surface area (Å²) in [4.78, 5) is 39.2. The average Bonchev–Trinajstić information content (AvgIpc) is 3.46. The lowest BCUT2D eigenvalue weighted by Gasteiger charge is -2.17. The molecule has 2 heterocycles. The minimum atomic E-state index is -0.342. The standard InChI is InChI=1S/C28H26N2O6/c1-18-5-2-7-20(13-18)35-17-26(31)29-19-6-3-8-21(14-19)36-22-10-11-24-25(15-22)28(33)30(27(24)32)16-23-9-4-12-34-23/h2-3,5-8,10-11,13-15,23H,4,9,12,16-17H2,1H3,(H,29,31). The van der Waals surface area contributed by atoms with Crippen molar-refractivity contribution in [1.82, 2.24) is 4.90 Å². The fourth-order valence-electron chi connectivity index (χ4n) is 4.32. The number of nitrogens with one attached hydrogen (secondary N) is 1. The lowest BCUT2D eigenvalue weighted by Crippen LogP contribution is -2.36. The van der Waals surface area contributed by atoms with Gasteiger partial charge in [0.05, 0.1) is 23.8 Å². The molecule has 1 N–H and O–H groups in total. The fourth-order valence-corrected chi connectivity index (χ4v) is 4.32. The van der Waals surface area contributed by atoms with E-state index in [1.165, 1.54) is 4.90 Å². The van der Waals surface area contributed by atoms with Gasteiger partial charge >= 0.3 is 0 Å². The number of nitrogens with zero attached hydrogens (tertiary/aromatic N) is 1. The molecule has 2 aliphatic rings. The first kappa shape index (κ1) is 23.6. The van der Waals surface area contributed by atoms with Crippen molar-refractivity contribution in [3.05, 3.63) is 83.4 Å². The molecule has 1 unspecified atom stereocenters. The van der Waals surface area contributed by atoms with Crippen LogP contribution in [0.1, 0.15) is 39.1 Å². The third kappa shape index (κ3) is 5.23. The molecule has 3 aromatic rings. The van der Waals surface area contributed by atoms with Crippen LogP contribution >= 0.6 is 0 Å². The van der Waals surface area contributed by atoms with Crippen LogP contribution in [0.2, 0.25) is 0 Å². The summed E-state index contributed by atoms with van der Waals surface area (Å²) in [5.41, 5.74) is 2.26. The van der Waals surface area contributed by atoms with Gasteiger partial charge in [-0.15, -0.1) is 0 Å². The number of hydrogen-bond donors (Lipinski definition) is 1. The second-order valence-corrected chi connectivity index (χ2v) is 8.85.